The average Bonchev–Trinajstić information content (AvgIpc) is 3.59. The monoisotopic (exact) mass is 622 g/mol. The first-order valence-corrected chi connectivity index (χ1v) is 15.8. The Hall–Kier alpha value is -4.44. The number of hydrazine groups is 2. The number of amides is 1. The molecule has 0 saturated carbocycles. The van der Waals surface area contributed by atoms with Gasteiger partial charge in [-0.2, -0.15) is 9.83 Å². The fourth-order valence-electron chi connectivity index (χ4n) is 6.53. The zero-order valence-electron chi connectivity index (χ0n) is 24.8. The summed E-state index contributed by atoms with van der Waals surface area (Å²) in [4.78, 5) is 14.7. The fourth-order valence-corrected chi connectivity index (χ4v) is 6.71. The van der Waals surface area contributed by atoms with Crippen LogP contribution in [0.3, 0.4) is 0 Å². The number of carbonyl (C=O) groups excluding carboxylic acids is 1. The highest BCUT2D eigenvalue weighted by molar-refractivity contribution is 6.31. The van der Waals surface area contributed by atoms with Crippen LogP contribution in [0.2, 0.25) is 5.02 Å². The number of likely N-dealkylation sites (tertiary alicyclic amines) is 1. The minimum atomic E-state index is -0.158. The van der Waals surface area contributed by atoms with Crippen molar-refractivity contribution in [3.8, 4) is 11.1 Å². The Morgan fingerprint density at radius 2 is 1.84 bits per heavy atom. The van der Waals surface area contributed by atoms with Gasteiger partial charge in [0.25, 0.3) is 0 Å². The third-order valence-corrected chi connectivity index (χ3v) is 9.33. The average molecular weight is 623 g/mol. The zero-order valence-corrected chi connectivity index (χ0v) is 25.6. The van der Waals surface area contributed by atoms with E-state index in [1.165, 1.54) is 5.56 Å². The Morgan fingerprint density at radius 3 is 2.56 bits per heavy atom. The molecule has 230 valence electrons. The third kappa shape index (κ3) is 6.24. The van der Waals surface area contributed by atoms with Crippen molar-refractivity contribution in [1.29, 1.82) is 0 Å². The molecular weight excluding hydrogens is 588 g/mol. The van der Waals surface area contributed by atoms with E-state index in [0.29, 0.717) is 36.3 Å². The number of hydrazone groups is 1. The number of benzene rings is 3. The van der Waals surface area contributed by atoms with Gasteiger partial charge in [0.15, 0.2) is 6.20 Å². The molecule has 9 nitrogen and oxygen atoms in total. The van der Waals surface area contributed by atoms with E-state index in [4.69, 9.17) is 16.3 Å². The Balaban J connectivity index is 1.18. The van der Waals surface area contributed by atoms with Crippen molar-refractivity contribution in [2.45, 2.75) is 31.1 Å². The Labute approximate surface area is 267 Å². The van der Waals surface area contributed by atoms with Crippen molar-refractivity contribution in [1.82, 2.24) is 16.0 Å². The first-order valence-electron chi connectivity index (χ1n) is 15.4. The summed E-state index contributed by atoms with van der Waals surface area (Å²) in [6.07, 6.45) is 5.80. The highest BCUT2D eigenvalue weighted by atomic mass is 35.5. The summed E-state index contributed by atoms with van der Waals surface area (Å²) in [7, 11) is 0. The number of hydrogen-bond acceptors (Lipinski definition) is 7. The number of pyridine rings is 1. The molecule has 10 heteroatoms. The van der Waals surface area contributed by atoms with Crippen LogP contribution in [0.25, 0.3) is 11.1 Å². The van der Waals surface area contributed by atoms with E-state index in [9.17, 15) is 10.0 Å². The maximum absolute atomic E-state index is 13.9. The molecule has 45 heavy (non-hydrogen) atoms. The van der Waals surface area contributed by atoms with E-state index in [0.717, 1.165) is 58.6 Å². The SMILES string of the molecule is O=C(C1COC1)N1CCC(c2cccc([C@H](Cc3ccccc3)c3ccc(-c4cc(Cl)ccc4N4C=NNN4)c[n+]3[O-])c2)CC1. The number of nitrogens with one attached hydrogen (secondary N) is 2. The summed E-state index contributed by atoms with van der Waals surface area (Å²) < 4.78 is 6.23. The van der Waals surface area contributed by atoms with Gasteiger partial charge in [0.05, 0.1) is 30.7 Å². The Morgan fingerprint density at radius 1 is 1.02 bits per heavy atom. The van der Waals surface area contributed by atoms with Gasteiger partial charge in [0.2, 0.25) is 11.6 Å². The van der Waals surface area contributed by atoms with E-state index in [-0.39, 0.29) is 17.7 Å². The van der Waals surface area contributed by atoms with Crippen molar-refractivity contribution < 1.29 is 14.3 Å². The van der Waals surface area contributed by atoms with Gasteiger partial charge in [-0.1, -0.05) is 66.2 Å². The number of halogens is 1. The molecule has 2 saturated heterocycles. The van der Waals surface area contributed by atoms with Gasteiger partial charge < -0.3 is 14.8 Å². The van der Waals surface area contributed by atoms with Crippen LogP contribution in [0, 0.1) is 11.1 Å². The third-order valence-electron chi connectivity index (χ3n) is 9.10. The lowest BCUT2D eigenvalue weighted by molar-refractivity contribution is -0.614. The minimum absolute atomic E-state index is 0.0296. The maximum atomic E-state index is 13.9. The molecule has 0 spiro atoms. The lowest BCUT2D eigenvalue weighted by atomic mass is 9.83. The lowest BCUT2D eigenvalue weighted by Crippen LogP contribution is -2.47. The first-order chi connectivity index (χ1) is 22.0. The van der Waals surface area contributed by atoms with Gasteiger partial charge in [0.1, 0.15) is 6.34 Å². The van der Waals surface area contributed by atoms with Gasteiger partial charge in [0, 0.05) is 35.3 Å². The van der Waals surface area contributed by atoms with Crippen LogP contribution >= 0.6 is 11.6 Å². The van der Waals surface area contributed by atoms with Crippen molar-refractivity contribution in [3.05, 3.63) is 124 Å². The van der Waals surface area contributed by atoms with Crippen molar-refractivity contribution in [2.75, 3.05) is 31.3 Å². The molecule has 3 aliphatic rings. The van der Waals surface area contributed by atoms with Crippen LogP contribution in [0.4, 0.5) is 5.69 Å². The van der Waals surface area contributed by atoms with E-state index < -0.39 is 0 Å². The summed E-state index contributed by atoms with van der Waals surface area (Å²) in [5.41, 5.74) is 12.2. The quantitative estimate of drug-likeness (QED) is 0.209. The van der Waals surface area contributed by atoms with E-state index >= 15 is 0 Å². The van der Waals surface area contributed by atoms with Crippen LogP contribution < -0.4 is 20.8 Å². The molecule has 2 fully saturated rings. The number of rotatable bonds is 8. The Kier molecular flexibility index (Phi) is 8.39. The normalized spacial score (nSPS) is 17.6. The second-order valence-corrected chi connectivity index (χ2v) is 12.4. The number of anilines is 1. The van der Waals surface area contributed by atoms with Gasteiger partial charge in [-0.05, 0) is 66.1 Å². The highest BCUT2D eigenvalue weighted by Gasteiger charge is 2.33. The molecule has 3 aliphatic heterocycles. The molecule has 2 N–H and O–H groups in total. The molecular formula is C35H35ClN6O3. The number of ether oxygens (including phenoxy) is 1. The number of nitrogens with zero attached hydrogens (tertiary/aromatic N) is 4. The van der Waals surface area contributed by atoms with Crippen molar-refractivity contribution >= 4 is 29.5 Å². The second kappa shape index (κ2) is 12.9. The number of carbonyl (C=O) groups is 1. The molecule has 3 aromatic carbocycles. The molecule has 0 aliphatic carbocycles. The van der Waals surface area contributed by atoms with Crippen molar-refractivity contribution in [2.24, 2.45) is 11.0 Å². The lowest BCUT2D eigenvalue weighted by Gasteiger charge is -2.36. The predicted molar refractivity (Wildman–Crippen MR) is 174 cm³/mol. The largest absolute Gasteiger partial charge is 0.618 e. The van der Waals surface area contributed by atoms with Gasteiger partial charge in [-0.25, -0.2) is 10.5 Å². The predicted octanol–water partition coefficient (Wildman–Crippen LogP) is 5.14. The topological polar surface area (TPSA) is 96.1 Å². The number of aromatic nitrogens is 1. The van der Waals surface area contributed by atoms with E-state index in [1.807, 2.05) is 53.4 Å². The van der Waals surface area contributed by atoms with Crippen LogP contribution in [0.15, 0.2) is 96.2 Å². The first kappa shape index (κ1) is 29.3. The zero-order chi connectivity index (χ0) is 30.8. The molecule has 1 aromatic heterocycles. The van der Waals surface area contributed by atoms with Crippen LogP contribution in [0.5, 0.6) is 0 Å². The minimum Gasteiger partial charge on any atom is -0.618 e. The second-order valence-electron chi connectivity index (χ2n) is 11.9. The molecule has 0 bridgehead atoms. The molecule has 0 unspecified atom stereocenters. The molecule has 1 amide bonds. The van der Waals surface area contributed by atoms with Crippen LogP contribution in [0.1, 0.15) is 47.1 Å². The van der Waals surface area contributed by atoms with E-state index in [1.54, 1.807) is 17.5 Å². The summed E-state index contributed by atoms with van der Waals surface area (Å²) in [5, 5.41) is 20.2. The summed E-state index contributed by atoms with van der Waals surface area (Å²) in [6.45, 7) is 2.62. The summed E-state index contributed by atoms with van der Waals surface area (Å²) >= 11 is 6.39. The highest BCUT2D eigenvalue weighted by Crippen LogP contribution is 2.36. The van der Waals surface area contributed by atoms with Crippen molar-refractivity contribution in [3.63, 3.8) is 0 Å². The fraction of sp³-hybridized carbons (Fsp3) is 0.286. The summed E-state index contributed by atoms with van der Waals surface area (Å²) in [6, 6.07) is 28.4. The molecule has 1 atom stereocenters. The molecule has 0 radical (unpaired) electrons. The Bertz CT molecular complexity index is 1710. The maximum Gasteiger partial charge on any atom is 0.230 e. The molecule has 7 rings (SSSR count). The van der Waals surface area contributed by atoms with Gasteiger partial charge in [-0.3, -0.25) is 4.79 Å². The molecule has 4 heterocycles. The standard InChI is InChI=1S/C35H35ClN6O3/c36-30-10-12-33(41-23-37-38-39-41)32(19-30)28-9-11-34(42(44)20-28)31(17-24-5-2-1-3-6-24)27-8-4-7-26(18-27)25-13-15-40(16-14-25)35(43)29-21-45-22-29/h1-12,18-20,23,25,29,31,38-39H,13-17,21-22H2/t31-/m0/s1. The van der Waals surface area contributed by atoms with Gasteiger partial charge >= 0.3 is 0 Å². The van der Waals surface area contributed by atoms with Gasteiger partial charge in [-0.15, -0.1) is 5.53 Å². The summed E-state index contributed by atoms with van der Waals surface area (Å²) in [5.74, 6) is 0.465. The van der Waals surface area contributed by atoms with Crippen LogP contribution in [-0.2, 0) is 16.0 Å². The number of hydrogen-bond donors (Lipinski definition) is 2. The molecule has 4 aromatic rings. The van der Waals surface area contributed by atoms with Crippen LogP contribution in [-0.4, -0.2) is 43.4 Å². The smallest absolute Gasteiger partial charge is 0.230 e. The number of piperidine rings is 1. The van der Waals surface area contributed by atoms with E-state index in [2.05, 4.69) is 52.6 Å².